The van der Waals surface area contributed by atoms with E-state index < -0.39 is 5.97 Å². The first-order chi connectivity index (χ1) is 13.5. The van der Waals surface area contributed by atoms with Gasteiger partial charge in [-0.1, -0.05) is 62.4 Å². The predicted molar refractivity (Wildman–Crippen MR) is 112 cm³/mol. The molecule has 140 valence electrons. The molecular weight excluding hydrogens is 348 g/mol. The molecule has 0 aliphatic rings. The molecule has 4 aromatic rings. The van der Waals surface area contributed by atoms with Crippen LogP contribution >= 0.6 is 0 Å². The van der Waals surface area contributed by atoms with Crippen molar-refractivity contribution in [2.45, 2.75) is 26.2 Å². The van der Waals surface area contributed by atoms with Crippen molar-refractivity contribution in [1.29, 1.82) is 0 Å². The molecule has 2 N–H and O–H groups in total. The fraction of sp³-hybridized carbons (Fsp3) is 0.167. The Bertz CT molecular complexity index is 1140. The first-order valence-electron chi connectivity index (χ1n) is 9.42. The summed E-state index contributed by atoms with van der Waals surface area (Å²) in [5.41, 5.74) is 6.48. The van der Waals surface area contributed by atoms with Crippen molar-refractivity contribution in [3.63, 3.8) is 0 Å². The first kappa shape index (κ1) is 18.0. The van der Waals surface area contributed by atoms with Crippen LogP contribution in [-0.2, 0) is 6.42 Å². The molecule has 2 aromatic carbocycles. The molecule has 0 aliphatic carbocycles. The molecule has 0 unspecified atom stereocenters. The standard InChI is InChI=1S/C24H22N2O2/c1-15(2)17-11-12-19-20(14-18-9-6-10-21(25-18)24(27)28)23(26-22(19)13-17)16-7-4-3-5-8-16/h3-13,15,26H,14H2,1-2H3,(H,27,28). The highest BCUT2D eigenvalue weighted by Gasteiger charge is 2.16. The second-order valence-electron chi connectivity index (χ2n) is 7.30. The van der Waals surface area contributed by atoms with E-state index in [1.807, 2.05) is 24.3 Å². The summed E-state index contributed by atoms with van der Waals surface area (Å²) in [6.07, 6.45) is 0.562. The van der Waals surface area contributed by atoms with Gasteiger partial charge in [0.15, 0.2) is 0 Å². The van der Waals surface area contributed by atoms with E-state index in [9.17, 15) is 9.90 Å². The second kappa shape index (κ2) is 7.31. The van der Waals surface area contributed by atoms with Crippen LogP contribution < -0.4 is 0 Å². The van der Waals surface area contributed by atoms with Crippen molar-refractivity contribution in [3.8, 4) is 11.3 Å². The van der Waals surface area contributed by atoms with E-state index in [0.717, 1.165) is 33.4 Å². The maximum absolute atomic E-state index is 11.3. The summed E-state index contributed by atoms with van der Waals surface area (Å²) in [7, 11) is 0. The number of fused-ring (bicyclic) bond motifs is 1. The SMILES string of the molecule is CC(C)c1ccc2c(Cc3cccc(C(=O)O)n3)c(-c3ccccc3)[nH]c2c1. The lowest BCUT2D eigenvalue weighted by atomic mass is 9.98. The van der Waals surface area contributed by atoms with Gasteiger partial charge in [-0.3, -0.25) is 0 Å². The lowest BCUT2D eigenvalue weighted by molar-refractivity contribution is 0.0690. The number of carbonyl (C=O) groups is 1. The summed E-state index contributed by atoms with van der Waals surface area (Å²) in [4.78, 5) is 19.2. The van der Waals surface area contributed by atoms with Crippen LogP contribution in [0.5, 0.6) is 0 Å². The Labute approximate surface area is 163 Å². The van der Waals surface area contributed by atoms with E-state index in [0.29, 0.717) is 12.3 Å². The van der Waals surface area contributed by atoms with Gasteiger partial charge in [0.25, 0.3) is 0 Å². The van der Waals surface area contributed by atoms with Gasteiger partial charge in [-0.05, 0) is 40.8 Å². The Morgan fingerprint density at radius 2 is 1.82 bits per heavy atom. The van der Waals surface area contributed by atoms with Crippen molar-refractivity contribution in [2.75, 3.05) is 0 Å². The number of aromatic carboxylic acids is 1. The van der Waals surface area contributed by atoms with E-state index in [1.54, 1.807) is 6.07 Å². The minimum atomic E-state index is -1.01. The molecule has 0 aliphatic heterocycles. The third-order valence-electron chi connectivity index (χ3n) is 5.04. The molecule has 4 nitrogen and oxygen atoms in total. The molecule has 0 saturated heterocycles. The number of rotatable bonds is 5. The topological polar surface area (TPSA) is 66.0 Å². The number of pyridine rings is 1. The van der Waals surface area contributed by atoms with Gasteiger partial charge in [-0.25, -0.2) is 9.78 Å². The molecule has 4 heteroatoms. The quantitative estimate of drug-likeness (QED) is 0.477. The number of nitrogens with one attached hydrogen (secondary N) is 1. The number of aromatic amines is 1. The zero-order valence-corrected chi connectivity index (χ0v) is 15.9. The minimum absolute atomic E-state index is 0.0701. The van der Waals surface area contributed by atoms with Crippen molar-refractivity contribution < 1.29 is 9.90 Å². The Kier molecular flexibility index (Phi) is 4.70. The average molecular weight is 370 g/mol. The van der Waals surface area contributed by atoms with Gasteiger partial charge in [0.2, 0.25) is 0 Å². The minimum Gasteiger partial charge on any atom is -0.477 e. The summed E-state index contributed by atoms with van der Waals surface area (Å²) < 4.78 is 0. The number of H-pyrrole nitrogens is 1. The van der Waals surface area contributed by atoms with Crippen molar-refractivity contribution in [2.24, 2.45) is 0 Å². The number of benzene rings is 2. The molecule has 0 bridgehead atoms. The Morgan fingerprint density at radius 3 is 2.54 bits per heavy atom. The molecule has 0 amide bonds. The Balaban J connectivity index is 1.87. The van der Waals surface area contributed by atoms with Gasteiger partial charge in [0, 0.05) is 23.0 Å². The van der Waals surface area contributed by atoms with Crippen LogP contribution in [0.4, 0.5) is 0 Å². The van der Waals surface area contributed by atoms with Gasteiger partial charge in [0.05, 0.1) is 5.69 Å². The van der Waals surface area contributed by atoms with Gasteiger partial charge in [-0.15, -0.1) is 0 Å². The second-order valence-corrected chi connectivity index (χ2v) is 7.30. The highest BCUT2D eigenvalue weighted by molar-refractivity contribution is 5.91. The number of hydrogen-bond donors (Lipinski definition) is 2. The van der Waals surface area contributed by atoms with Crippen LogP contribution in [0.3, 0.4) is 0 Å². The van der Waals surface area contributed by atoms with Crippen molar-refractivity contribution in [1.82, 2.24) is 9.97 Å². The number of carboxylic acid groups (broad SMARTS) is 1. The largest absolute Gasteiger partial charge is 0.477 e. The van der Waals surface area contributed by atoms with Crippen LogP contribution in [0.1, 0.15) is 47.1 Å². The van der Waals surface area contributed by atoms with Crippen molar-refractivity contribution >= 4 is 16.9 Å². The number of nitrogens with zero attached hydrogens (tertiary/aromatic N) is 1. The summed E-state index contributed by atoms with van der Waals surface area (Å²) in [6, 6.07) is 21.9. The van der Waals surface area contributed by atoms with Gasteiger partial charge < -0.3 is 10.1 Å². The van der Waals surface area contributed by atoms with E-state index >= 15 is 0 Å². The van der Waals surface area contributed by atoms with Crippen LogP contribution in [0, 0.1) is 0 Å². The number of hydrogen-bond acceptors (Lipinski definition) is 2. The van der Waals surface area contributed by atoms with E-state index in [4.69, 9.17) is 0 Å². The molecule has 0 spiro atoms. The van der Waals surface area contributed by atoms with E-state index in [-0.39, 0.29) is 5.69 Å². The fourth-order valence-electron chi connectivity index (χ4n) is 3.55. The lowest BCUT2D eigenvalue weighted by Gasteiger charge is -2.07. The van der Waals surface area contributed by atoms with Crippen LogP contribution in [0.25, 0.3) is 22.2 Å². The van der Waals surface area contributed by atoms with Gasteiger partial charge in [0.1, 0.15) is 5.69 Å². The molecule has 0 radical (unpaired) electrons. The maximum atomic E-state index is 11.3. The van der Waals surface area contributed by atoms with Gasteiger partial charge >= 0.3 is 5.97 Å². The third-order valence-corrected chi connectivity index (χ3v) is 5.04. The fourth-order valence-corrected chi connectivity index (χ4v) is 3.55. The highest BCUT2D eigenvalue weighted by atomic mass is 16.4. The van der Waals surface area contributed by atoms with E-state index in [1.165, 1.54) is 11.6 Å². The molecule has 0 fully saturated rings. The van der Waals surface area contributed by atoms with E-state index in [2.05, 4.69) is 54.1 Å². The maximum Gasteiger partial charge on any atom is 0.354 e. The molecule has 0 saturated carbocycles. The molecule has 4 rings (SSSR count). The van der Waals surface area contributed by atoms with Crippen LogP contribution in [-0.4, -0.2) is 21.0 Å². The van der Waals surface area contributed by atoms with Gasteiger partial charge in [-0.2, -0.15) is 0 Å². The van der Waals surface area contributed by atoms with Crippen molar-refractivity contribution in [3.05, 3.63) is 89.2 Å². The normalized spacial score (nSPS) is 11.2. The zero-order chi connectivity index (χ0) is 19.7. The number of carboxylic acids is 1. The molecule has 28 heavy (non-hydrogen) atoms. The average Bonchev–Trinajstić information content (AvgIpc) is 3.06. The Morgan fingerprint density at radius 1 is 1.04 bits per heavy atom. The number of aromatic nitrogens is 2. The first-order valence-corrected chi connectivity index (χ1v) is 9.42. The molecule has 2 heterocycles. The summed E-state index contributed by atoms with van der Waals surface area (Å²) in [6.45, 7) is 4.37. The molecule has 0 atom stereocenters. The molecule has 2 aromatic heterocycles. The zero-order valence-electron chi connectivity index (χ0n) is 15.9. The third kappa shape index (κ3) is 3.41. The summed E-state index contributed by atoms with van der Waals surface area (Å²) in [5.74, 6) is -0.559. The van der Waals surface area contributed by atoms with Crippen LogP contribution in [0.15, 0.2) is 66.7 Å². The predicted octanol–water partition coefficient (Wildman–Crippen LogP) is 5.64. The Hall–Kier alpha value is -3.40. The monoisotopic (exact) mass is 370 g/mol. The summed E-state index contributed by atoms with van der Waals surface area (Å²) in [5, 5.41) is 10.4. The van der Waals surface area contributed by atoms with Crippen LogP contribution in [0.2, 0.25) is 0 Å². The summed E-state index contributed by atoms with van der Waals surface area (Å²) >= 11 is 0. The highest BCUT2D eigenvalue weighted by Crippen LogP contribution is 2.33. The molecular formula is C24H22N2O2. The lowest BCUT2D eigenvalue weighted by Crippen LogP contribution is -2.03. The smallest absolute Gasteiger partial charge is 0.354 e.